The van der Waals surface area contributed by atoms with Gasteiger partial charge in [-0.15, -0.1) is 0 Å². The minimum atomic E-state index is 0.141. The molecule has 0 spiro atoms. The molecule has 0 amide bonds. The fourth-order valence-electron chi connectivity index (χ4n) is 2.74. The standard InChI is InChI=1S/C20H16BNO2/c1-3-9-16(10-4-1)20-15-17-11-7-8-14-19(17)22(20)24-21-23-18-12-5-2-6-13-18/h1-15,21H. The van der Waals surface area contributed by atoms with Crippen LogP contribution in [0.4, 0.5) is 0 Å². The van der Waals surface area contributed by atoms with Crippen molar-refractivity contribution in [3.63, 3.8) is 0 Å². The third kappa shape index (κ3) is 2.86. The van der Waals surface area contributed by atoms with Gasteiger partial charge in [0.1, 0.15) is 5.75 Å². The fourth-order valence-corrected chi connectivity index (χ4v) is 2.74. The van der Waals surface area contributed by atoms with E-state index in [9.17, 15) is 0 Å². The summed E-state index contributed by atoms with van der Waals surface area (Å²) >= 11 is 0. The minimum absolute atomic E-state index is 0.141. The Hall–Kier alpha value is -3.14. The lowest BCUT2D eigenvalue weighted by molar-refractivity contribution is 0.270. The molecule has 0 radical (unpaired) electrons. The van der Waals surface area contributed by atoms with Gasteiger partial charge in [-0.05, 0) is 24.3 Å². The van der Waals surface area contributed by atoms with Crippen LogP contribution in [0.5, 0.6) is 5.75 Å². The fraction of sp³-hybridized carbons (Fsp3) is 0. The molecule has 4 heteroatoms. The maximum Gasteiger partial charge on any atom is 0.597 e. The number of hydrogen-bond donors (Lipinski definition) is 0. The molecule has 0 unspecified atom stereocenters. The van der Waals surface area contributed by atoms with Crippen molar-refractivity contribution in [3.05, 3.63) is 91.0 Å². The molecule has 0 aliphatic rings. The molecule has 0 saturated heterocycles. The van der Waals surface area contributed by atoms with Crippen LogP contribution in [-0.4, -0.2) is 12.4 Å². The number of para-hydroxylation sites is 2. The topological polar surface area (TPSA) is 23.4 Å². The van der Waals surface area contributed by atoms with Crippen molar-refractivity contribution < 1.29 is 9.41 Å². The molecule has 0 bridgehead atoms. The van der Waals surface area contributed by atoms with E-state index < -0.39 is 0 Å². The molecule has 0 aliphatic heterocycles. The van der Waals surface area contributed by atoms with Crippen LogP contribution in [0.15, 0.2) is 91.0 Å². The van der Waals surface area contributed by atoms with Crippen LogP contribution in [-0.2, 0) is 0 Å². The monoisotopic (exact) mass is 313 g/mol. The van der Waals surface area contributed by atoms with E-state index in [-0.39, 0.29) is 7.69 Å². The number of benzene rings is 3. The first kappa shape index (κ1) is 14.5. The van der Waals surface area contributed by atoms with Crippen LogP contribution in [0.25, 0.3) is 22.2 Å². The van der Waals surface area contributed by atoms with Crippen LogP contribution in [0.3, 0.4) is 0 Å². The number of nitrogens with zero attached hydrogens (tertiary/aromatic N) is 1. The lowest BCUT2D eigenvalue weighted by Gasteiger charge is -2.12. The molecule has 4 rings (SSSR count). The minimum Gasteiger partial charge on any atom is -0.528 e. The smallest absolute Gasteiger partial charge is 0.528 e. The second-order valence-electron chi connectivity index (χ2n) is 5.45. The van der Waals surface area contributed by atoms with Crippen molar-refractivity contribution in [1.29, 1.82) is 0 Å². The van der Waals surface area contributed by atoms with E-state index in [0.29, 0.717) is 0 Å². The Bertz CT molecular complexity index is 936. The van der Waals surface area contributed by atoms with E-state index in [1.165, 1.54) is 0 Å². The number of aromatic nitrogens is 1. The van der Waals surface area contributed by atoms with Gasteiger partial charge in [-0.25, -0.2) is 0 Å². The lowest BCUT2D eigenvalue weighted by Crippen LogP contribution is -2.21. The van der Waals surface area contributed by atoms with Crippen LogP contribution in [0, 0.1) is 0 Å². The van der Waals surface area contributed by atoms with E-state index in [2.05, 4.69) is 24.3 Å². The van der Waals surface area contributed by atoms with Gasteiger partial charge in [0.25, 0.3) is 0 Å². The van der Waals surface area contributed by atoms with Crippen LogP contribution >= 0.6 is 0 Å². The highest BCUT2D eigenvalue weighted by atomic mass is 16.7. The third-order valence-corrected chi connectivity index (χ3v) is 3.89. The quantitative estimate of drug-likeness (QED) is 0.518. The van der Waals surface area contributed by atoms with Crippen molar-refractivity contribution in [3.8, 4) is 17.0 Å². The molecule has 3 aromatic carbocycles. The molecule has 0 atom stereocenters. The predicted molar refractivity (Wildman–Crippen MR) is 98.2 cm³/mol. The predicted octanol–water partition coefficient (Wildman–Crippen LogP) is 4.08. The Morgan fingerprint density at radius 1 is 0.708 bits per heavy atom. The summed E-state index contributed by atoms with van der Waals surface area (Å²) in [5.74, 6) is 0.787. The normalized spacial score (nSPS) is 10.5. The van der Waals surface area contributed by atoms with E-state index in [1.807, 2.05) is 71.5 Å². The van der Waals surface area contributed by atoms with Gasteiger partial charge >= 0.3 is 7.69 Å². The highest BCUT2D eigenvalue weighted by molar-refractivity contribution is 6.20. The van der Waals surface area contributed by atoms with Gasteiger partial charge in [0.15, 0.2) is 0 Å². The van der Waals surface area contributed by atoms with Crippen molar-refractivity contribution in [2.45, 2.75) is 0 Å². The Balaban J connectivity index is 1.65. The van der Waals surface area contributed by atoms with E-state index >= 15 is 0 Å². The maximum absolute atomic E-state index is 5.94. The first-order chi connectivity index (χ1) is 11.9. The average molecular weight is 313 g/mol. The Morgan fingerprint density at radius 2 is 1.38 bits per heavy atom. The molecular formula is C20H16BNO2. The van der Waals surface area contributed by atoms with Crippen LogP contribution in [0.2, 0.25) is 0 Å². The lowest BCUT2D eigenvalue weighted by atomic mass is 10.1. The van der Waals surface area contributed by atoms with Crippen LogP contribution in [0.1, 0.15) is 0 Å². The van der Waals surface area contributed by atoms with Gasteiger partial charge in [-0.1, -0.05) is 66.7 Å². The summed E-state index contributed by atoms with van der Waals surface area (Å²) < 4.78 is 13.5. The number of fused-ring (bicyclic) bond motifs is 1. The van der Waals surface area contributed by atoms with Gasteiger partial charge < -0.3 is 9.41 Å². The summed E-state index contributed by atoms with van der Waals surface area (Å²) in [6.07, 6.45) is 0. The molecule has 3 nitrogen and oxygen atoms in total. The van der Waals surface area contributed by atoms with Gasteiger partial charge in [-0.2, -0.15) is 4.73 Å². The van der Waals surface area contributed by atoms with Crippen molar-refractivity contribution >= 4 is 18.6 Å². The summed E-state index contributed by atoms with van der Waals surface area (Å²) in [7, 11) is 0.141. The largest absolute Gasteiger partial charge is 0.597 e. The summed E-state index contributed by atoms with van der Waals surface area (Å²) in [6.45, 7) is 0. The van der Waals surface area contributed by atoms with E-state index in [4.69, 9.17) is 9.41 Å². The van der Waals surface area contributed by atoms with Gasteiger partial charge in [-0.3, -0.25) is 0 Å². The molecule has 1 aromatic heterocycles. The second-order valence-corrected chi connectivity index (χ2v) is 5.45. The first-order valence-corrected chi connectivity index (χ1v) is 7.89. The summed E-state index contributed by atoms with van der Waals surface area (Å²) in [4.78, 5) is 0. The first-order valence-electron chi connectivity index (χ1n) is 7.89. The molecule has 24 heavy (non-hydrogen) atoms. The maximum atomic E-state index is 5.94. The van der Waals surface area contributed by atoms with Crippen molar-refractivity contribution in [2.75, 3.05) is 0 Å². The summed E-state index contributed by atoms with van der Waals surface area (Å²) in [6, 6.07) is 30.2. The second kappa shape index (κ2) is 6.55. The molecule has 1 heterocycles. The highest BCUT2D eigenvalue weighted by Gasteiger charge is 2.12. The average Bonchev–Trinajstić information content (AvgIpc) is 3.02. The molecule has 4 aromatic rings. The van der Waals surface area contributed by atoms with Crippen molar-refractivity contribution in [1.82, 2.24) is 4.73 Å². The molecular weight excluding hydrogens is 297 g/mol. The van der Waals surface area contributed by atoms with Crippen molar-refractivity contribution in [2.24, 2.45) is 0 Å². The molecule has 0 fully saturated rings. The van der Waals surface area contributed by atoms with Gasteiger partial charge in [0.05, 0.1) is 11.2 Å². The SMILES string of the molecule is B(Oc1ccccc1)On1c(-c2ccccc2)cc2ccccc21. The number of rotatable bonds is 5. The molecule has 116 valence electrons. The summed E-state index contributed by atoms with van der Waals surface area (Å²) in [5, 5.41) is 1.14. The zero-order valence-electron chi connectivity index (χ0n) is 13.1. The molecule has 0 saturated carbocycles. The Labute approximate surface area is 141 Å². The highest BCUT2D eigenvalue weighted by Crippen LogP contribution is 2.27. The van der Waals surface area contributed by atoms with E-state index in [1.54, 1.807) is 0 Å². The number of hydrogen-bond acceptors (Lipinski definition) is 2. The van der Waals surface area contributed by atoms with E-state index in [0.717, 1.165) is 27.9 Å². The Morgan fingerprint density at radius 3 is 2.17 bits per heavy atom. The van der Waals surface area contributed by atoms with Crippen LogP contribution < -0.4 is 9.41 Å². The van der Waals surface area contributed by atoms with Gasteiger partial charge in [0, 0.05) is 10.9 Å². The summed E-state index contributed by atoms with van der Waals surface area (Å²) in [5.41, 5.74) is 3.13. The zero-order valence-corrected chi connectivity index (χ0v) is 13.1. The van der Waals surface area contributed by atoms with Gasteiger partial charge in [0.2, 0.25) is 0 Å². The molecule has 0 N–H and O–H groups in total. The molecule has 0 aliphatic carbocycles. The Kier molecular flexibility index (Phi) is 3.94. The zero-order chi connectivity index (χ0) is 16.2. The third-order valence-electron chi connectivity index (χ3n) is 3.89.